The first-order valence-electron chi connectivity index (χ1n) is 6.79. The number of hydrogen-bond acceptors (Lipinski definition) is 3. The molecule has 1 rings (SSSR count). The van der Waals surface area contributed by atoms with E-state index in [1.807, 2.05) is 6.92 Å². The summed E-state index contributed by atoms with van der Waals surface area (Å²) < 4.78 is 5.54. The lowest BCUT2D eigenvalue weighted by molar-refractivity contribution is 0.402. The lowest BCUT2D eigenvalue weighted by Gasteiger charge is -2.17. The Hall–Kier alpha value is -1.53. The number of methoxy groups -OCH3 is 1. The number of benzene rings is 1. The topological polar surface area (TPSA) is 45.0 Å². The fourth-order valence-electron chi connectivity index (χ4n) is 2.25. The minimum atomic E-state index is 0.0813. The summed E-state index contributed by atoms with van der Waals surface area (Å²) in [5, 5.41) is 12.3. The van der Waals surface area contributed by atoms with E-state index in [1.54, 1.807) is 7.11 Å². The number of rotatable bonds is 6. The molecule has 0 spiro atoms. The van der Waals surface area contributed by atoms with E-state index in [4.69, 9.17) is 10.00 Å². The van der Waals surface area contributed by atoms with Crippen LogP contribution >= 0.6 is 0 Å². The Kier molecular flexibility index (Phi) is 5.85. The maximum atomic E-state index is 8.94. The average molecular weight is 260 g/mol. The number of nitrogens with one attached hydrogen (secondary N) is 1. The predicted octanol–water partition coefficient (Wildman–Crippen LogP) is 3.26. The quantitative estimate of drug-likeness (QED) is 0.854. The maximum absolute atomic E-state index is 8.94. The molecule has 19 heavy (non-hydrogen) atoms. The van der Waals surface area contributed by atoms with E-state index in [0.29, 0.717) is 0 Å². The van der Waals surface area contributed by atoms with Crippen molar-refractivity contribution in [1.82, 2.24) is 5.32 Å². The Bertz CT molecular complexity index is 475. The second-order valence-corrected chi connectivity index (χ2v) is 5.01. The molecule has 0 bridgehead atoms. The highest BCUT2D eigenvalue weighted by atomic mass is 16.5. The summed E-state index contributed by atoms with van der Waals surface area (Å²) in [5.41, 5.74) is 4.87. The van der Waals surface area contributed by atoms with Gasteiger partial charge in [0.15, 0.2) is 0 Å². The summed E-state index contributed by atoms with van der Waals surface area (Å²) in [6.45, 7) is 9.80. The van der Waals surface area contributed by atoms with Gasteiger partial charge in [-0.1, -0.05) is 13.0 Å². The Morgan fingerprint density at radius 2 is 2.00 bits per heavy atom. The number of nitrogens with zero attached hydrogens (tertiary/aromatic N) is 1. The van der Waals surface area contributed by atoms with Crippen LogP contribution in [0.4, 0.5) is 0 Å². The van der Waals surface area contributed by atoms with E-state index in [0.717, 1.165) is 25.3 Å². The van der Waals surface area contributed by atoms with E-state index < -0.39 is 0 Å². The molecular weight excluding hydrogens is 236 g/mol. The molecule has 1 unspecified atom stereocenters. The number of nitriles is 1. The molecular formula is C16H24N2O. The highest BCUT2D eigenvalue weighted by molar-refractivity contribution is 5.49. The van der Waals surface area contributed by atoms with E-state index in [1.165, 1.54) is 22.3 Å². The summed E-state index contributed by atoms with van der Waals surface area (Å²) in [5.74, 6) is 1.05. The monoisotopic (exact) mass is 260 g/mol. The fourth-order valence-corrected chi connectivity index (χ4v) is 2.25. The summed E-state index contributed by atoms with van der Waals surface area (Å²) in [6.07, 6.45) is 0.881. The molecule has 1 aromatic rings. The van der Waals surface area contributed by atoms with Crippen LogP contribution in [0.1, 0.15) is 35.6 Å². The molecule has 0 saturated carbocycles. The molecule has 1 N–H and O–H groups in total. The highest BCUT2D eigenvalue weighted by Gasteiger charge is 2.12. The second kappa shape index (κ2) is 7.16. The third kappa shape index (κ3) is 3.71. The average Bonchev–Trinajstić information content (AvgIpc) is 2.40. The van der Waals surface area contributed by atoms with Gasteiger partial charge in [0.05, 0.1) is 19.1 Å². The zero-order valence-electron chi connectivity index (χ0n) is 12.6. The number of hydrogen-bond donors (Lipinski definition) is 1. The first-order chi connectivity index (χ1) is 9.04. The molecule has 0 aliphatic rings. The molecule has 0 aliphatic carbocycles. The molecule has 1 aromatic carbocycles. The van der Waals surface area contributed by atoms with Gasteiger partial charge in [0.25, 0.3) is 0 Å². The first-order valence-corrected chi connectivity index (χ1v) is 6.79. The Morgan fingerprint density at radius 1 is 1.32 bits per heavy atom. The maximum Gasteiger partial charge on any atom is 0.126 e. The van der Waals surface area contributed by atoms with Crippen LogP contribution < -0.4 is 10.1 Å². The van der Waals surface area contributed by atoms with Crippen LogP contribution in [0.5, 0.6) is 5.75 Å². The summed E-state index contributed by atoms with van der Waals surface area (Å²) in [6, 6.07) is 4.50. The minimum Gasteiger partial charge on any atom is -0.496 e. The van der Waals surface area contributed by atoms with Crippen molar-refractivity contribution in [2.45, 2.75) is 40.7 Å². The molecule has 0 fully saturated rings. The van der Waals surface area contributed by atoms with Gasteiger partial charge in [-0.2, -0.15) is 5.26 Å². The van der Waals surface area contributed by atoms with Gasteiger partial charge in [-0.3, -0.25) is 0 Å². The number of ether oxygens (including phenoxy) is 1. The minimum absolute atomic E-state index is 0.0813. The van der Waals surface area contributed by atoms with Crippen LogP contribution in [0.3, 0.4) is 0 Å². The van der Waals surface area contributed by atoms with Gasteiger partial charge in [-0.05, 0) is 43.9 Å². The van der Waals surface area contributed by atoms with Gasteiger partial charge in [0, 0.05) is 18.7 Å². The molecule has 0 radical (unpaired) electrons. The Labute approximate surface area is 116 Å². The standard InChI is InChI=1S/C16H24N2O/c1-6-14(8-17)9-18-10-15-12(3)7-11(2)13(4)16(15)19-5/h7,14,18H,6,9-10H2,1-5H3. The van der Waals surface area contributed by atoms with Gasteiger partial charge in [-0.25, -0.2) is 0 Å². The zero-order chi connectivity index (χ0) is 14.4. The smallest absolute Gasteiger partial charge is 0.126 e. The lowest BCUT2D eigenvalue weighted by atomic mass is 9.98. The van der Waals surface area contributed by atoms with Crippen LogP contribution in [-0.4, -0.2) is 13.7 Å². The van der Waals surface area contributed by atoms with E-state index >= 15 is 0 Å². The van der Waals surface area contributed by atoms with Gasteiger partial charge in [0.1, 0.15) is 5.75 Å². The molecule has 0 heterocycles. The normalized spacial score (nSPS) is 12.0. The fraction of sp³-hybridized carbons (Fsp3) is 0.562. The molecule has 3 heteroatoms. The van der Waals surface area contributed by atoms with Crippen LogP contribution in [-0.2, 0) is 6.54 Å². The molecule has 1 atom stereocenters. The van der Waals surface area contributed by atoms with Crippen molar-refractivity contribution in [2.24, 2.45) is 5.92 Å². The highest BCUT2D eigenvalue weighted by Crippen LogP contribution is 2.29. The predicted molar refractivity (Wildman–Crippen MR) is 78.3 cm³/mol. The van der Waals surface area contributed by atoms with Gasteiger partial charge in [-0.15, -0.1) is 0 Å². The van der Waals surface area contributed by atoms with E-state index in [2.05, 4.69) is 38.2 Å². The van der Waals surface area contributed by atoms with E-state index in [9.17, 15) is 0 Å². The van der Waals surface area contributed by atoms with Crippen LogP contribution in [0.15, 0.2) is 6.07 Å². The van der Waals surface area contributed by atoms with Crippen molar-refractivity contribution in [1.29, 1.82) is 5.26 Å². The zero-order valence-corrected chi connectivity index (χ0v) is 12.6. The molecule has 104 valence electrons. The van der Waals surface area contributed by atoms with Crippen molar-refractivity contribution < 1.29 is 4.74 Å². The molecule has 0 aromatic heterocycles. The molecule has 0 saturated heterocycles. The Balaban J connectivity index is 2.84. The summed E-state index contributed by atoms with van der Waals surface area (Å²) >= 11 is 0. The third-order valence-corrected chi connectivity index (χ3v) is 3.69. The van der Waals surface area contributed by atoms with Crippen molar-refractivity contribution in [3.63, 3.8) is 0 Å². The van der Waals surface area contributed by atoms with Crippen molar-refractivity contribution >= 4 is 0 Å². The van der Waals surface area contributed by atoms with Gasteiger partial charge < -0.3 is 10.1 Å². The summed E-state index contributed by atoms with van der Waals surface area (Å²) in [4.78, 5) is 0. The molecule has 0 amide bonds. The van der Waals surface area contributed by atoms with Crippen molar-refractivity contribution in [3.05, 3.63) is 28.3 Å². The van der Waals surface area contributed by atoms with Crippen LogP contribution in [0, 0.1) is 38.0 Å². The van der Waals surface area contributed by atoms with Crippen LogP contribution in [0.2, 0.25) is 0 Å². The number of aryl methyl sites for hydroxylation is 2. The van der Waals surface area contributed by atoms with Crippen molar-refractivity contribution in [2.75, 3.05) is 13.7 Å². The second-order valence-electron chi connectivity index (χ2n) is 5.01. The third-order valence-electron chi connectivity index (χ3n) is 3.69. The molecule has 3 nitrogen and oxygen atoms in total. The van der Waals surface area contributed by atoms with Gasteiger partial charge >= 0.3 is 0 Å². The first kappa shape index (κ1) is 15.5. The van der Waals surface area contributed by atoms with E-state index in [-0.39, 0.29) is 5.92 Å². The van der Waals surface area contributed by atoms with Gasteiger partial charge in [0.2, 0.25) is 0 Å². The molecule has 0 aliphatic heterocycles. The van der Waals surface area contributed by atoms with Crippen LogP contribution in [0.25, 0.3) is 0 Å². The summed E-state index contributed by atoms with van der Waals surface area (Å²) in [7, 11) is 1.72. The van der Waals surface area contributed by atoms with Crippen molar-refractivity contribution in [3.8, 4) is 11.8 Å². The lowest BCUT2D eigenvalue weighted by Crippen LogP contribution is -2.22. The largest absolute Gasteiger partial charge is 0.496 e. The Morgan fingerprint density at radius 3 is 2.53 bits per heavy atom. The SMILES string of the molecule is CCC(C#N)CNCc1c(C)cc(C)c(C)c1OC.